The number of ether oxygens (including phenoxy) is 1. The lowest BCUT2D eigenvalue weighted by atomic mass is 9.87. The Kier molecular flexibility index (Phi) is 20.1. The fourth-order valence-electron chi connectivity index (χ4n) is 11.1. The van der Waals surface area contributed by atoms with Crippen LogP contribution in [0.5, 0.6) is 0 Å². The first-order valence-electron chi connectivity index (χ1n) is 30.3. The molecule has 494 valence electrons. The molecule has 0 aromatic heterocycles. The highest BCUT2D eigenvalue weighted by molar-refractivity contribution is 6.22. The van der Waals surface area contributed by atoms with E-state index in [2.05, 4.69) is 41.8 Å². The third-order valence-corrected chi connectivity index (χ3v) is 16.2. The van der Waals surface area contributed by atoms with Crippen LogP contribution in [0.4, 0.5) is 15.3 Å². The number of carbonyl (C=O) groups excluding carboxylic acids is 8. The van der Waals surface area contributed by atoms with Gasteiger partial charge < -0.3 is 33.8 Å². The van der Waals surface area contributed by atoms with E-state index in [-0.39, 0.29) is 36.0 Å². The van der Waals surface area contributed by atoms with Crippen LogP contribution in [0, 0.1) is 30.2 Å². The molecule has 0 saturated carbocycles. The van der Waals surface area contributed by atoms with Gasteiger partial charge in [-0.3, -0.25) is 38.6 Å². The summed E-state index contributed by atoms with van der Waals surface area (Å²) in [5.74, 6) is -2.00. The molecule has 10 aliphatic rings. The van der Waals surface area contributed by atoms with E-state index in [1.54, 1.807) is 50.8 Å². The second kappa shape index (κ2) is 28.0. The predicted octanol–water partition coefficient (Wildman–Crippen LogP) is 10.2. The van der Waals surface area contributed by atoms with Gasteiger partial charge in [-0.25, -0.2) is 29.1 Å². The zero-order valence-corrected chi connectivity index (χ0v) is 54.5. The van der Waals surface area contributed by atoms with E-state index in [0.29, 0.717) is 61.2 Å². The maximum absolute atomic E-state index is 12.2. The maximum Gasteiger partial charge on any atom is 0.420 e. The van der Waals surface area contributed by atoms with E-state index >= 15 is 0 Å². The molecule has 28 nitrogen and oxygen atoms in total. The molecule has 0 aliphatic carbocycles. The number of nitrogens with zero attached hydrogens (tertiary/aromatic N) is 13. The monoisotopic (exact) mass is 1300 g/mol. The van der Waals surface area contributed by atoms with Gasteiger partial charge in [0, 0.05) is 62.3 Å². The number of fused-ring (bicyclic) bond motifs is 2. The highest BCUT2D eigenvalue weighted by Crippen LogP contribution is 2.37. The van der Waals surface area contributed by atoms with E-state index < -0.39 is 59.2 Å². The molecule has 95 heavy (non-hydrogen) atoms. The number of cyclic esters (lactones) is 1. The van der Waals surface area contributed by atoms with Crippen molar-refractivity contribution in [3.05, 3.63) is 147 Å². The summed E-state index contributed by atoms with van der Waals surface area (Å²) in [4.78, 5) is 136. The lowest BCUT2D eigenvalue weighted by molar-refractivity contribution is -0.163. The molecule has 0 bridgehead atoms. The van der Waals surface area contributed by atoms with Crippen LogP contribution in [-0.2, 0) is 60.3 Å². The fourth-order valence-corrected chi connectivity index (χ4v) is 11.1. The first kappa shape index (κ1) is 68.2. The summed E-state index contributed by atoms with van der Waals surface area (Å²) in [6, 6.07) is 31.4. The molecular weight excluding hydrogens is 1230 g/mol. The highest BCUT2D eigenvalue weighted by Gasteiger charge is 2.54. The summed E-state index contributed by atoms with van der Waals surface area (Å²) < 4.78 is 4.93. The first-order chi connectivity index (χ1) is 45.1. The Bertz CT molecular complexity index is 4050. The largest absolute Gasteiger partial charge is 0.433 e. The van der Waals surface area contributed by atoms with E-state index in [4.69, 9.17) is 45.6 Å². The number of imide groups is 4. The van der Waals surface area contributed by atoms with Gasteiger partial charge in [-0.2, -0.15) is 5.26 Å². The van der Waals surface area contributed by atoms with Crippen LogP contribution in [0.2, 0.25) is 0 Å². The van der Waals surface area contributed by atoms with Crippen molar-refractivity contribution in [2.24, 2.45) is 36.3 Å². The Hall–Kier alpha value is -11.2. The number of amides is 9. The number of hydrogen-bond acceptors (Lipinski definition) is 22. The Morgan fingerprint density at radius 3 is 1.58 bits per heavy atom. The molecule has 28 heteroatoms. The van der Waals surface area contributed by atoms with Gasteiger partial charge in [0.25, 0.3) is 29.2 Å². The molecule has 4 aromatic carbocycles. The number of hydrogen-bond donors (Lipinski definition) is 0. The molecule has 2 saturated heterocycles. The van der Waals surface area contributed by atoms with Crippen molar-refractivity contribution in [2.75, 3.05) is 7.05 Å². The zero-order valence-electron chi connectivity index (χ0n) is 54.5. The molecule has 0 radical (unpaired) electrons. The molecule has 9 amide bonds. The van der Waals surface area contributed by atoms with Gasteiger partial charge in [0.2, 0.25) is 36.7 Å². The summed E-state index contributed by atoms with van der Waals surface area (Å²) >= 11 is 0. The Labute approximate surface area is 547 Å². The summed E-state index contributed by atoms with van der Waals surface area (Å²) in [6.07, 6.45) is 0.376. The summed E-state index contributed by atoms with van der Waals surface area (Å²) in [7, 11) is 1.36. The Morgan fingerprint density at radius 2 is 1.06 bits per heavy atom. The third-order valence-electron chi connectivity index (χ3n) is 16.2. The van der Waals surface area contributed by atoms with Gasteiger partial charge in [0.15, 0.2) is 11.3 Å². The molecule has 10 heterocycles. The lowest BCUT2D eigenvalue weighted by Crippen LogP contribution is -2.64. The highest BCUT2D eigenvalue weighted by atomic mass is 16.7. The number of benzene rings is 4. The van der Waals surface area contributed by atoms with Gasteiger partial charge in [-0.1, -0.05) is 115 Å². The van der Waals surface area contributed by atoms with E-state index in [1.165, 1.54) is 20.9 Å². The topological polar surface area (TPSA) is 320 Å². The standard InChI is InChI=1S/C13H12N2O3.C12H12N2O2.C11H15N3O4.2C11H10N2O.C9H12N2O4/c1-7-3-4-9-10(5-7)13(17)15(12(9)16)11-6-8(2)14-18-11;1-8-6-11(16-13-8)14-7-9-4-2-3-5-10(9)12(14)15;1-6-5-7(18-12-6)14-9(16)11(2,3)8(15)13(4)10(14)17;1-8-7-11(14-13-8)9-5-3-4-6-10(9)12-2;1-9-7-11(8-12,14-13-9)10-5-3-2-4-6-10;1-5-4-6(15-10-5)11-7(12)9(2,3)14-8(11)13/h3-5,11H,6H2,1-2H3;2-5,11H,6-7H2,1H3;7H,5H2,1-4H3;3-6,11H,7H2,1H3;2-6H,7H2,1H3;6H,4H2,1-3H3/t;;;;11-;/m....0./s1. The van der Waals surface area contributed by atoms with Crippen LogP contribution in [0.3, 0.4) is 0 Å². The van der Waals surface area contributed by atoms with Gasteiger partial charge in [0.1, 0.15) is 17.6 Å². The fraction of sp³-hybridized carbons (Fsp3) is 0.403. The number of nitriles is 1. The van der Waals surface area contributed by atoms with Gasteiger partial charge in [0.05, 0.1) is 58.5 Å². The summed E-state index contributed by atoms with van der Waals surface area (Å²) in [5, 5.41) is 31.9. The van der Waals surface area contributed by atoms with Crippen LogP contribution in [0.25, 0.3) is 4.85 Å². The second-order valence-corrected chi connectivity index (χ2v) is 24.7. The summed E-state index contributed by atoms with van der Waals surface area (Å²) in [5.41, 5.74) is 7.92. The normalized spacial score (nSPS) is 24.4. The Balaban J connectivity index is 0.000000134. The minimum absolute atomic E-state index is 0.0468. The molecule has 10 aliphatic heterocycles. The number of urea groups is 1. The first-order valence-corrected chi connectivity index (χ1v) is 30.3. The number of rotatable bonds is 6. The smallest absolute Gasteiger partial charge is 0.420 e. The molecule has 0 spiro atoms. The van der Waals surface area contributed by atoms with Crippen LogP contribution in [-0.4, -0.2) is 144 Å². The third kappa shape index (κ3) is 14.4. The second-order valence-electron chi connectivity index (χ2n) is 24.7. The molecule has 6 atom stereocenters. The van der Waals surface area contributed by atoms with E-state index in [0.717, 1.165) is 82.4 Å². The van der Waals surface area contributed by atoms with Crippen molar-refractivity contribution in [2.45, 2.75) is 163 Å². The number of aryl methyl sites for hydroxylation is 1. The van der Waals surface area contributed by atoms with E-state index in [9.17, 15) is 38.4 Å². The van der Waals surface area contributed by atoms with Crippen molar-refractivity contribution in [3.8, 4) is 6.07 Å². The lowest BCUT2D eigenvalue weighted by Gasteiger charge is -2.40. The average Bonchev–Trinajstić information content (AvgIpc) is 1.16. The predicted molar refractivity (Wildman–Crippen MR) is 341 cm³/mol. The minimum atomic E-state index is -1.26. The molecule has 2 fully saturated rings. The van der Waals surface area contributed by atoms with Crippen LogP contribution in [0.15, 0.2) is 128 Å². The zero-order chi connectivity index (χ0) is 68.8. The van der Waals surface area contributed by atoms with Crippen molar-refractivity contribution >= 4 is 87.5 Å². The molecule has 0 N–H and O–H groups in total. The number of barbiturate groups is 1. The average molecular weight is 1300 g/mol. The molecular formula is C67H71N13O15. The van der Waals surface area contributed by atoms with E-state index in [1.807, 2.05) is 113 Å². The van der Waals surface area contributed by atoms with Crippen molar-refractivity contribution in [3.63, 3.8) is 0 Å². The van der Waals surface area contributed by atoms with Gasteiger partial charge >= 0.3 is 12.1 Å². The molecule has 5 unspecified atom stereocenters. The molecule has 4 aromatic rings. The van der Waals surface area contributed by atoms with Crippen molar-refractivity contribution in [1.82, 2.24) is 24.5 Å². The quantitative estimate of drug-likeness (QED) is 0.0984. The van der Waals surface area contributed by atoms with Gasteiger partial charge in [-0.05, 0) is 99.9 Å². The van der Waals surface area contributed by atoms with Crippen LogP contribution >= 0.6 is 0 Å². The SMILES string of the molecule is CC1=NOC(N2C(=O)N(C)C(=O)C(C)(C)C2=O)C1.CC1=NOC(N2C(=O)OC(C)(C)C2=O)C1.CC1=NOC(N2C(=O)c3ccc(C)cc3C2=O)C1.CC1=NOC(N2Cc3ccccc3C2=O)C1.CC1=NO[C@@](C#N)(c2ccccc2)C1.[C-]#[N+]c1ccccc1C1CC(C)=NO1. The number of carbonyl (C=O) groups is 8. The maximum atomic E-state index is 12.2. The number of oxime groups is 6. The van der Waals surface area contributed by atoms with Gasteiger partial charge in [-0.15, -0.1) is 0 Å². The minimum Gasteiger partial charge on any atom is -0.433 e. The molecule has 14 rings (SSSR count). The van der Waals surface area contributed by atoms with Crippen LogP contribution in [0.1, 0.15) is 167 Å². The summed E-state index contributed by atoms with van der Waals surface area (Å²) in [6.45, 7) is 26.7. The van der Waals surface area contributed by atoms with Crippen molar-refractivity contribution < 1.29 is 72.1 Å². The van der Waals surface area contributed by atoms with Crippen molar-refractivity contribution in [1.29, 1.82) is 5.26 Å². The van der Waals surface area contributed by atoms with Crippen LogP contribution < -0.4 is 0 Å². The number of para-hydroxylation sites is 1. The Morgan fingerprint density at radius 1 is 0.537 bits per heavy atom.